The van der Waals surface area contributed by atoms with Crippen molar-refractivity contribution in [2.45, 2.75) is 13.8 Å². The van der Waals surface area contributed by atoms with Crippen LogP contribution in [0.15, 0.2) is 12.2 Å². The molecule has 0 amide bonds. The molecule has 0 fully saturated rings. The maximum Gasteiger partial charge on any atom is 0.466 e. The molecular formula is C4H16O9P2. The molecule has 11 heteroatoms. The lowest BCUT2D eigenvalue weighted by molar-refractivity contribution is 0.272. The molecule has 0 saturated heterocycles. The molecule has 0 bridgehead atoms. The Morgan fingerprint density at radius 1 is 0.733 bits per heavy atom. The van der Waals surface area contributed by atoms with E-state index in [0.717, 1.165) is 0 Å². The molecule has 0 unspecified atom stereocenters. The zero-order valence-electron chi connectivity index (χ0n) is 8.05. The smallest absolute Gasteiger partial charge is 0.412 e. The summed E-state index contributed by atoms with van der Waals surface area (Å²) < 4.78 is 17.8. The third-order valence-electron chi connectivity index (χ3n) is 0.333. The van der Waals surface area contributed by atoms with Gasteiger partial charge in [0, 0.05) is 0 Å². The van der Waals surface area contributed by atoms with Crippen LogP contribution in [-0.2, 0) is 9.13 Å². The lowest BCUT2D eigenvalue weighted by Gasteiger charge is -1.82. The molecule has 0 aromatic rings. The first kappa shape index (κ1) is 24.2. The zero-order chi connectivity index (χ0) is 12.4. The number of hydrogen-bond acceptors (Lipinski definition) is 2. The normalized spacial score (nSPS) is 10.4. The summed E-state index contributed by atoms with van der Waals surface area (Å²) in [6, 6.07) is 0. The molecule has 0 heterocycles. The molecule has 96 valence electrons. The summed E-state index contributed by atoms with van der Waals surface area (Å²) >= 11 is 0. The second-order valence-electron chi connectivity index (χ2n) is 1.69. The van der Waals surface area contributed by atoms with Gasteiger partial charge in [0.25, 0.3) is 0 Å². The van der Waals surface area contributed by atoms with Crippen LogP contribution >= 0.6 is 15.6 Å². The molecule has 0 aromatic carbocycles. The van der Waals surface area contributed by atoms with E-state index in [4.69, 9.17) is 38.5 Å². The third-order valence-corrected chi connectivity index (χ3v) is 0.333. The van der Waals surface area contributed by atoms with E-state index in [1.807, 2.05) is 26.0 Å². The van der Waals surface area contributed by atoms with Crippen LogP contribution < -0.4 is 0 Å². The fraction of sp³-hybridized carbons (Fsp3) is 0.500. The zero-order valence-corrected chi connectivity index (χ0v) is 9.84. The van der Waals surface area contributed by atoms with E-state index in [1.54, 1.807) is 0 Å². The van der Waals surface area contributed by atoms with Gasteiger partial charge in [-0.1, -0.05) is 12.2 Å². The highest BCUT2D eigenvalue weighted by Gasteiger charge is 2.00. The van der Waals surface area contributed by atoms with Gasteiger partial charge in [-0.2, -0.15) is 0 Å². The number of phosphoric acid groups is 2. The summed E-state index contributed by atoms with van der Waals surface area (Å²) in [7, 11) is -9.28. The summed E-state index contributed by atoms with van der Waals surface area (Å²) in [5.74, 6) is 0. The van der Waals surface area contributed by atoms with E-state index in [2.05, 4.69) is 0 Å². The number of allylic oxidation sites excluding steroid dienone is 2. The van der Waals surface area contributed by atoms with Gasteiger partial charge in [0.2, 0.25) is 0 Å². The van der Waals surface area contributed by atoms with Crippen molar-refractivity contribution in [3.63, 3.8) is 0 Å². The highest BCUT2D eigenvalue weighted by atomic mass is 31.2. The lowest BCUT2D eigenvalue weighted by Crippen LogP contribution is -1.66. The maximum absolute atomic E-state index is 8.88. The Balaban J connectivity index is -0.0000000590. The fourth-order valence-corrected chi connectivity index (χ4v) is 0. The quantitative estimate of drug-likeness (QED) is 0.236. The van der Waals surface area contributed by atoms with Crippen molar-refractivity contribution < 1.29 is 44.0 Å². The largest absolute Gasteiger partial charge is 0.466 e. The molecule has 0 aliphatic rings. The van der Waals surface area contributed by atoms with E-state index in [-0.39, 0.29) is 5.48 Å². The molecule has 0 spiro atoms. The van der Waals surface area contributed by atoms with Gasteiger partial charge < -0.3 is 34.8 Å². The Bertz CT molecular complexity index is 184. The van der Waals surface area contributed by atoms with E-state index >= 15 is 0 Å². The van der Waals surface area contributed by atoms with Crippen LogP contribution in [0.5, 0.6) is 0 Å². The SMILES string of the molecule is CC=CC.O.O=P(O)(O)O.O=P(O)(O)O. The Kier molecular flexibility index (Phi) is 19.4. The van der Waals surface area contributed by atoms with Gasteiger partial charge in [0.05, 0.1) is 0 Å². The Morgan fingerprint density at radius 3 is 0.800 bits per heavy atom. The predicted molar refractivity (Wildman–Crippen MR) is 52.6 cm³/mol. The molecule has 0 atom stereocenters. The van der Waals surface area contributed by atoms with E-state index < -0.39 is 15.6 Å². The van der Waals surface area contributed by atoms with E-state index in [1.165, 1.54) is 0 Å². The highest BCUT2D eigenvalue weighted by Crippen LogP contribution is 2.26. The van der Waals surface area contributed by atoms with E-state index in [9.17, 15) is 0 Å². The molecule has 8 N–H and O–H groups in total. The standard InChI is InChI=1S/C4H8.2H3O4P.H2O/c1-3-4-2;2*1-5(2,3)4;/h3-4H,1-2H3;2*(H3,1,2,3,4);1H2. The summed E-state index contributed by atoms with van der Waals surface area (Å²) in [6.45, 7) is 4.00. The van der Waals surface area contributed by atoms with Gasteiger partial charge >= 0.3 is 15.6 Å². The van der Waals surface area contributed by atoms with Gasteiger partial charge in [-0.25, -0.2) is 9.13 Å². The minimum Gasteiger partial charge on any atom is -0.412 e. The summed E-state index contributed by atoms with van der Waals surface area (Å²) in [4.78, 5) is 43.1. The minimum atomic E-state index is -4.64. The van der Waals surface area contributed by atoms with Gasteiger partial charge in [0.1, 0.15) is 0 Å². The molecule has 9 nitrogen and oxygen atoms in total. The second kappa shape index (κ2) is 12.0. The van der Waals surface area contributed by atoms with Crippen LogP contribution in [0.4, 0.5) is 0 Å². The average molecular weight is 270 g/mol. The summed E-state index contributed by atoms with van der Waals surface area (Å²) in [5, 5.41) is 0. The van der Waals surface area contributed by atoms with Gasteiger partial charge in [-0.3, -0.25) is 0 Å². The summed E-state index contributed by atoms with van der Waals surface area (Å²) in [5.41, 5.74) is 0. The van der Waals surface area contributed by atoms with Crippen molar-refractivity contribution in [1.82, 2.24) is 0 Å². The first-order valence-electron chi connectivity index (χ1n) is 3.05. The molecule has 15 heavy (non-hydrogen) atoms. The molecule has 0 aliphatic carbocycles. The third kappa shape index (κ3) is 2340. The van der Waals surface area contributed by atoms with Gasteiger partial charge in [-0.15, -0.1) is 0 Å². The average Bonchev–Trinajstić information content (AvgIpc) is 1.79. The van der Waals surface area contributed by atoms with Crippen molar-refractivity contribution in [3.8, 4) is 0 Å². The molecule has 0 radical (unpaired) electrons. The predicted octanol–water partition coefficient (Wildman–Crippen LogP) is -1.10. The molecule has 0 rings (SSSR count). The Labute approximate surface area is 86.5 Å². The van der Waals surface area contributed by atoms with Crippen molar-refractivity contribution in [2.75, 3.05) is 0 Å². The second-order valence-corrected chi connectivity index (χ2v) is 3.75. The van der Waals surface area contributed by atoms with Gasteiger partial charge in [-0.05, 0) is 13.8 Å². The van der Waals surface area contributed by atoms with Crippen LogP contribution in [0.1, 0.15) is 13.8 Å². The Hall–Kier alpha value is -0.0800. The first-order valence-corrected chi connectivity index (χ1v) is 6.18. The van der Waals surface area contributed by atoms with Crippen LogP contribution in [-0.4, -0.2) is 34.8 Å². The molecule has 0 aliphatic heterocycles. The molecule has 0 saturated carbocycles. The first-order chi connectivity index (χ1) is 5.91. The van der Waals surface area contributed by atoms with E-state index in [0.29, 0.717) is 0 Å². The molecular weight excluding hydrogens is 254 g/mol. The number of rotatable bonds is 0. The highest BCUT2D eigenvalue weighted by molar-refractivity contribution is 7.45. The topological polar surface area (TPSA) is 187 Å². The van der Waals surface area contributed by atoms with Crippen LogP contribution in [0, 0.1) is 0 Å². The summed E-state index contributed by atoms with van der Waals surface area (Å²) in [6.07, 6.45) is 4.00. The fourth-order valence-electron chi connectivity index (χ4n) is 0. The minimum absolute atomic E-state index is 0. The maximum atomic E-state index is 8.88. The van der Waals surface area contributed by atoms with Crippen LogP contribution in [0.25, 0.3) is 0 Å². The van der Waals surface area contributed by atoms with Crippen molar-refractivity contribution in [2.24, 2.45) is 0 Å². The van der Waals surface area contributed by atoms with Crippen LogP contribution in [0.3, 0.4) is 0 Å². The lowest BCUT2D eigenvalue weighted by atomic mass is 10.6. The van der Waals surface area contributed by atoms with Gasteiger partial charge in [0.15, 0.2) is 0 Å². The van der Waals surface area contributed by atoms with Crippen LogP contribution in [0.2, 0.25) is 0 Å². The van der Waals surface area contributed by atoms with Crippen molar-refractivity contribution in [1.29, 1.82) is 0 Å². The number of hydrogen-bond donors (Lipinski definition) is 6. The van der Waals surface area contributed by atoms with Crippen molar-refractivity contribution in [3.05, 3.63) is 12.2 Å². The van der Waals surface area contributed by atoms with Crippen molar-refractivity contribution >= 4 is 15.6 Å². The monoisotopic (exact) mass is 270 g/mol. The Morgan fingerprint density at radius 2 is 0.800 bits per heavy atom. The molecule has 0 aromatic heterocycles.